The molecule has 5 atom stereocenters. The van der Waals surface area contributed by atoms with E-state index in [-0.39, 0.29) is 17.6 Å². The van der Waals surface area contributed by atoms with Crippen molar-refractivity contribution in [2.24, 2.45) is 5.92 Å². The van der Waals surface area contributed by atoms with Gasteiger partial charge in [0.2, 0.25) is 0 Å². The maximum absolute atomic E-state index is 11.7. The molecule has 124 valence electrons. The van der Waals surface area contributed by atoms with Crippen LogP contribution in [0.1, 0.15) is 33.6 Å². The molecule has 1 heterocycles. The van der Waals surface area contributed by atoms with E-state index in [1.807, 2.05) is 6.92 Å². The van der Waals surface area contributed by atoms with Crippen LogP contribution in [-0.4, -0.2) is 45.2 Å². The molecule has 0 bridgehead atoms. The number of hydrogen-bond acceptors (Lipinski definition) is 5. The summed E-state index contributed by atoms with van der Waals surface area (Å²) in [6.45, 7) is 8.90. The van der Waals surface area contributed by atoms with Crippen LogP contribution in [0.15, 0.2) is 36.5 Å². The first kappa shape index (κ1) is 18.6. The highest BCUT2D eigenvalue weighted by molar-refractivity contribution is 5.82. The van der Waals surface area contributed by atoms with Crippen molar-refractivity contribution in [1.82, 2.24) is 0 Å². The Kier molecular flexibility index (Phi) is 6.53. The minimum atomic E-state index is -1.41. The van der Waals surface area contributed by atoms with Gasteiger partial charge in [-0.15, -0.1) is 0 Å². The van der Waals surface area contributed by atoms with E-state index in [1.165, 1.54) is 31.2 Å². The SMILES string of the molecule is C=C1C(O)CC[C@H](C)[C@@H](C)OC(=O)/C=C/[C@](C)(O)/C=C/[C@@H]1O. The van der Waals surface area contributed by atoms with Crippen molar-refractivity contribution >= 4 is 5.97 Å². The van der Waals surface area contributed by atoms with Gasteiger partial charge in [0.05, 0.1) is 17.8 Å². The van der Waals surface area contributed by atoms with Gasteiger partial charge in [0.1, 0.15) is 6.10 Å². The van der Waals surface area contributed by atoms with Crippen LogP contribution in [0.3, 0.4) is 0 Å². The number of hydrogen-bond donors (Lipinski definition) is 3. The Labute approximate surface area is 131 Å². The molecular weight excluding hydrogens is 284 g/mol. The summed E-state index contributed by atoms with van der Waals surface area (Å²) in [5.41, 5.74) is -1.13. The van der Waals surface area contributed by atoms with Crippen molar-refractivity contribution in [3.63, 3.8) is 0 Å². The second-order valence-electron chi connectivity index (χ2n) is 6.15. The monoisotopic (exact) mass is 310 g/mol. The molecule has 1 rings (SSSR count). The lowest BCUT2D eigenvalue weighted by Gasteiger charge is -2.24. The first-order valence-electron chi connectivity index (χ1n) is 7.49. The largest absolute Gasteiger partial charge is 0.459 e. The zero-order valence-corrected chi connectivity index (χ0v) is 13.4. The summed E-state index contributed by atoms with van der Waals surface area (Å²) in [4.78, 5) is 11.7. The molecule has 1 aliphatic rings. The summed E-state index contributed by atoms with van der Waals surface area (Å²) >= 11 is 0. The third-order valence-corrected chi connectivity index (χ3v) is 3.98. The smallest absolute Gasteiger partial charge is 0.330 e. The second kappa shape index (κ2) is 7.72. The second-order valence-corrected chi connectivity index (χ2v) is 6.15. The lowest BCUT2D eigenvalue weighted by atomic mass is 9.93. The molecule has 3 N–H and O–H groups in total. The number of aliphatic hydroxyl groups excluding tert-OH is 2. The van der Waals surface area contributed by atoms with E-state index in [1.54, 1.807) is 6.92 Å². The van der Waals surface area contributed by atoms with Crippen LogP contribution >= 0.6 is 0 Å². The van der Waals surface area contributed by atoms with E-state index >= 15 is 0 Å². The molecule has 0 aromatic rings. The number of aliphatic hydroxyl groups is 3. The van der Waals surface area contributed by atoms with E-state index < -0.39 is 23.8 Å². The molecule has 5 nitrogen and oxygen atoms in total. The molecule has 0 aliphatic carbocycles. The van der Waals surface area contributed by atoms with Crippen molar-refractivity contribution in [2.45, 2.75) is 57.5 Å². The summed E-state index contributed by atoms with van der Waals surface area (Å²) < 4.78 is 5.27. The number of ether oxygens (including phenoxy) is 1. The van der Waals surface area contributed by atoms with Gasteiger partial charge in [-0.25, -0.2) is 4.79 Å². The van der Waals surface area contributed by atoms with Crippen molar-refractivity contribution in [3.05, 3.63) is 36.5 Å². The van der Waals surface area contributed by atoms with Crippen LogP contribution < -0.4 is 0 Å². The van der Waals surface area contributed by atoms with E-state index in [0.29, 0.717) is 12.8 Å². The molecule has 1 unspecified atom stereocenters. The van der Waals surface area contributed by atoms with Crippen LogP contribution in [0.4, 0.5) is 0 Å². The molecule has 1 aliphatic heterocycles. The Balaban J connectivity index is 3.01. The molecule has 0 saturated heterocycles. The molecule has 5 heteroatoms. The van der Waals surface area contributed by atoms with Gasteiger partial charge >= 0.3 is 5.97 Å². The first-order valence-corrected chi connectivity index (χ1v) is 7.49. The Morgan fingerprint density at radius 1 is 1.27 bits per heavy atom. The highest BCUT2D eigenvalue weighted by Gasteiger charge is 2.22. The van der Waals surface area contributed by atoms with Crippen molar-refractivity contribution in [2.75, 3.05) is 0 Å². The molecule has 0 fully saturated rings. The maximum Gasteiger partial charge on any atom is 0.330 e. The molecule has 0 radical (unpaired) electrons. The predicted octanol–water partition coefficient (Wildman–Crippen LogP) is 1.49. The molecular formula is C17H26O5. The summed E-state index contributed by atoms with van der Waals surface area (Å²) in [5.74, 6) is -0.480. The van der Waals surface area contributed by atoms with Crippen molar-refractivity contribution < 1.29 is 24.9 Å². The highest BCUT2D eigenvalue weighted by atomic mass is 16.5. The predicted molar refractivity (Wildman–Crippen MR) is 84.0 cm³/mol. The fourth-order valence-corrected chi connectivity index (χ4v) is 2.08. The molecule has 0 spiro atoms. The summed E-state index contributed by atoms with van der Waals surface area (Å²) in [6.07, 6.45) is 3.98. The zero-order chi connectivity index (χ0) is 16.9. The minimum Gasteiger partial charge on any atom is -0.459 e. The zero-order valence-electron chi connectivity index (χ0n) is 13.4. The Morgan fingerprint density at radius 3 is 2.55 bits per heavy atom. The average Bonchev–Trinajstić information content (AvgIpc) is 2.46. The number of carbonyl (C=O) groups excluding carboxylic acids is 1. The van der Waals surface area contributed by atoms with Crippen molar-refractivity contribution in [3.8, 4) is 0 Å². The number of cyclic esters (lactones) is 1. The number of rotatable bonds is 0. The van der Waals surface area contributed by atoms with Crippen LogP contribution in [0.25, 0.3) is 0 Å². The van der Waals surface area contributed by atoms with E-state index in [0.717, 1.165) is 0 Å². The molecule has 0 saturated carbocycles. The first-order chi connectivity index (χ1) is 10.1. The lowest BCUT2D eigenvalue weighted by Crippen LogP contribution is -2.26. The molecule has 0 amide bonds. The van der Waals surface area contributed by atoms with Gasteiger partial charge < -0.3 is 20.1 Å². The van der Waals surface area contributed by atoms with Gasteiger partial charge in [-0.1, -0.05) is 25.7 Å². The van der Waals surface area contributed by atoms with Crippen molar-refractivity contribution in [1.29, 1.82) is 0 Å². The Bertz CT molecular complexity index is 464. The standard InChI is InChI=1S/C17H26O5/c1-11-5-6-14(18)12(2)15(19)7-9-17(4,21)10-8-16(20)22-13(11)3/h7-11,13-15,18-19,21H,2,5-6H2,1,3-4H3/b9-7+,10-8+/t11-,13+,14?,15-,17+/m0/s1. The fourth-order valence-electron chi connectivity index (χ4n) is 2.08. The van der Waals surface area contributed by atoms with Gasteiger partial charge in [-0.3, -0.25) is 0 Å². The van der Waals surface area contributed by atoms with Gasteiger partial charge in [0, 0.05) is 6.08 Å². The summed E-state index contributed by atoms with van der Waals surface area (Å²) in [7, 11) is 0. The number of carbonyl (C=O) groups is 1. The van der Waals surface area contributed by atoms with E-state index in [4.69, 9.17) is 4.74 Å². The third kappa shape index (κ3) is 5.75. The van der Waals surface area contributed by atoms with Gasteiger partial charge in [0.15, 0.2) is 0 Å². The average molecular weight is 310 g/mol. The summed E-state index contributed by atoms with van der Waals surface area (Å²) in [5, 5.41) is 30.2. The quantitative estimate of drug-likeness (QED) is 0.466. The lowest BCUT2D eigenvalue weighted by molar-refractivity contribution is -0.144. The summed E-state index contributed by atoms with van der Waals surface area (Å²) in [6, 6.07) is 0. The Hall–Kier alpha value is -1.43. The van der Waals surface area contributed by atoms with Gasteiger partial charge in [-0.2, -0.15) is 0 Å². The van der Waals surface area contributed by atoms with Crippen LogP contribution in [-0.2, 0) is 9.53 Å². The van der Waals surface area contributed by atoms with Crippen LogP contribution in [0.5, 0.6) is 0 Å². The normalized spacial score (nSPS) is 41.4. The topological polar surface area (TPSA) is 87.0 Å². The molecule has 0 aromatic carbocycles. The minimum absolute atomic E-state index is 0.0518. The molecule has 22 heavy (non-hydrogen) atoms. The maximum atomic E-state index is 11.7. The van der Waals surface area contributed by atoms with Gasteiger partial charge in [0.25, 0.3) is 0 Å². The highest BCUT2D eigenvalue weighted by Crippen LogP contribution is 2.21. The fraction of sp³-hybridized carbons (Fsp3) is 0.588. The van der Waals surface area contributed by atoms with Gasteiger partial charge in [-0.05, 0) is 44.3 Å². The van der Waals surface area contributed by atoms with E-state index in [9.17, 15) is 20.1 Å². The van der Waals surface area contributed by atoms with Crippen LogP contribution in [0.2, 0.25) is 0 Å². The third-order valence-electron chi connectivity index (χ3n) is 3.98. The molecule has 0 aromatic heterocycles. The van der Waals surface area contributed by atoms with Crippen LogP contribution in [0, 0.1) is 5.92 Å². The number of esters is 1. The Morgan fingerprint density at radius 2 is 1.91 bits per heavy atom. The van der Waals surface area contributed by atoms with E-state index in [2.05, 4.69) is 6.58 Å².